The molecule has 25 heavy (non-hydrogen) atoms. The Morgan fingerprint density at radius 3 is 2.72 bits per heavy atom. The normalized spacial score (nSPS) is 11.9. The molecule has 2 aromatic heterocycles. The zero-order valence-electron chi connectivity index (χ0n) is 13.5. The minimum Gasteiger partial charge on any atom is -0.323 e. The molecule has 128 valence electrons. The lowest BCUT2D eigenvalue weighted by Gasteiger charge is -2.10. The van der Waals surface area contributed by atoms with Crippen LogP contribution >= 0.6 is 11.8 Å². The van der Waals surface area contributed by atoms with E-state index in [2.05, 4.69) is 20.5 Å². The van der Waals surface area contributed by atoms with Crippen molar-refractivity contribution in [1.82, 2.24) is 19.7 Å². The number of carbonyl (C=O) groups excluding carboxylic acids is 1. The molecule has 0 aliphatic heterocycles. The van der Waals surface area contributed by atoms with E-state index in [0.29, 0.717) is 23.2 Å². The van der Waals surface area contributed by atoms with Crippen molar-refractivity contribution in [2.45, 2.75) is 24.1 Å². The van der Waals surface area contributed by atoms with Crippen molar-refractivity contribution in [1.29, 1.82) is 0 Å². The van der Waals surface area contributed by atoms with Gasteiger partial charge in [0.2, 0.25) is 5.50 Å². The molecule has 0 aliphatic rings. The van der Waals surface area contributed by atoms with E-state index in [1.54, 1.807) is 47.3 Å². The van der Waals surface area contributed by atoms with Crippen LogP contribution in [-0.2, 0) is 11.3 Å². The zero-order valence-corrected chi connectivity index (χ0v) is 14.3. The standard InChI is InChI=1S/C17H16FN5OS/c1-2-23-15(12-7-6-10-19-11-12)21-22-17(23)25-14(18)16(24)20-13-8-4-3-5-9-13/h3-11,14H,2H2,1H3,(H,20,24). The second-order valence-electron chi connectivity index (χ2n) is 5.08. The van der Waals surface area contributed by atoms with Gasteiger partial charge in [0.1, 0.15) is 0 Å². The number of nitrogens with zero attached hydrogens (tertiary/aromatic N) is 4. The Balaban J connectivity index is 1.74. The van der Waals surface area contributed by atoms with E-state index >= 15 is 0 Å². The summed E-state index contributed by atoms with van der Waals surface area (Å²) in [6, 6.07) is 12.4. The average molecular weight is 357 g/mol. The fraction of sp³-hybridized carbons (Fsp3) is 0.176. The molecular weight excluding hydrogens is 341 g/mol. The Morgan fingerprint density at radius 2 is 2.04 bits per heavy atom. The van der Waals surface area contributed by atoms with E-state index in [9.17, 15) is 9.18 Å². The van der Waals surface area contributed by atoms with Crippen LogP contribution in [0, 0.1) is 0 Å². The number of amides is 1. The molecule has 6 nitrogen and oxygen atoms in total. The van der Waals surface area contributed by atoms with Crippen LogP contribution in [0.25, 0.3) is 11.4 Å². The summed E-state index contributed by atoms with van der Waals surface area (Å²) in [4.78, 5) is 16.1. The lowest BCUT2D eigenvalue weighted by molar-refractivity contribution is -0.118. The average Bonchev–Trinajstić information content (AvgIpc) is 3.05. The lowest BCUT2D eigenvalue weighted by atomic mass is 10.3. The number of hydrogen-bond donors (Lipinski definition) is 1. The fourth-order valence-corrected chi connectivity index (χ4v) is 3.02. The molecule has 0 radical (unpaired) electrons. The van der Waals surface area contributed by atoms with Gasteiger partial charge in [-0.1, -0.05) is 18.2 Å². The molecule has 0 spiro atoms. The van der Waals surface area contributed by atoms with Crippen molar-refractivity contribution < 1.29 is 9.18 Å². The molecule has 3 rings (SSSR count). The molecular formula is C17H16FN5OS. The second-order valence-corrected chi connectivity index (χ2v) is 6.10. The molecule has 3 aromatic rings. The van der Waals surface area contributed by atoms with Gasteiger partial charge in [0.25, 0.3) is 5.91 Å². The van der Waals surface area contributed by atoms with Gasteiger partial charge >= 0.3 is 0 Å². The summed E-state index contributed by atoms with van der Waals surface area (Å²) in [7, 11) is 0. The first-order valence-corrected chi connectivity index (χ1v) is 8.57. The Bertz CT molecular complexity index is 841. The monoisotopic (exact) mass is 357 g/mol. The molecule has 1 amide bonds. The van der Waals surface area contributed by atoms with Gasteiger partial charge in [0.15, 0.2) is 11.0 Å². The van der Waals surface area contributed by atoms with Gasteiger partial charge < -0.3 is 9.88 Å². The highest BCUT2D eigenvalue weighted by Gasteiger charge is 2.23. The molecule has 1 N–H and O–H groups in total. The van der Waals surface area contributed by atoms with Gasteiger partial charge in [0, 0.05) is 30.2 Å². The predicted octanol–water partition coefficient (Wildman–Crippen LogP) is 3.39. The number of carbonyl (C=O) groups is 1. The van der Waals surface area contributed by atoms with Crippen LogP contribution in [0.5, 0.6) is 0 Å². The van der Waals surface area contributed by atoms with Crippen LogP contribution in [0.3, 0.4) is 0 Å². The van der Waals surface area contributed by atoms with Gasteiger partial charge in [-0.2, -0.15) is 0 Å². The number of para-hydroxylation sites is 1. The third kappa shape index (κ3) is 4.03. The molecule has 2 heterocycles. The highest BCUT2D eigenvalue weighted by molar-refractivity contribution is 8.00. The molecule has 0 fully saturated rings. The van der Waals surface area contributed by atoms with Crippen molar-refractivity contribution in [3.63, 3.8) is 0 Å². The largest absolute Gasteiger partial charge is 0.323 e. The number of aromatic nitrogens is 4. The minimum atomic E-state index is -1.79. The van der Waals surface area contributed by atoms with Gasteiger partial charge in [-0.3, -0.25) is 9.78 Å². The Labute approximate surface area is 148 Å². The third-order valence-electron chi connectivity index (χ3n) is 3.41. The number of thioether (sulfide) groups is 1. The third-order valence-corrected chi connectivity index (χ3v) is 4.34. The SMILES string of the molecule is CCn1c(SC(F)C(=O)Nc2ccccc2)nnc1-c1cccnc1. The lowest BCUT2D eigenvalue weighted by Crippen LogP contribution is -2.21. The summed E-state index contributed by atoms with van der Waals surface area (Å²) in [5.74, 6) is -0.140. The van der Waals surface area contributed by atoms with Crippen molar-refractivity contribution in [3.05, 3.63) is 54.9 Å². The maximum Gasteiger partial charge on any atom is 0.269 e. The summed E-state index contributed by atoms with van der Waals surface area (Å²) in [5, 5.41) is 11.0. The van der Waals surface area contributed by atoms with Gasteiger partial charge in [0.05, 0.1) is 0 Å². The van der Waals surface area contributed by atoms with Crippen molar-refractivity contribution in [3.8, 4) is 11.4 Å². The molecule has 1 aromatic carbocycles. The second kappa shape index (κ2) is 7.89. The molecule has 0 saturated heterocycles. The van der Waals surface area contributed by atoms with E-state index < -0.39 is 11.4 Å². The van der Waals surface area contributed by atoms with Crippen molar-refractivity contribution in [2.24, 2.45) is 0 Å². The van der Waals surface area contributed by atoms with E-state index in [1.807, 2.05) is 19.1 Å². The molecule has 0 saturated carbocycles. The minimum absolute atomic E-state index is 0.345. The van der Waals surface area contributed by atoms with E-state index in [0.717, 1.165) is 17.3 Å². The topological polar surface area (TPSA) is 72.7 Å². The Morgan fingerprint density at radius 1 is 1.24 bits per heavy atom. The van der Waals surface area contributed by atoms with Crippen LogP contribution < -0.4 is 5.32 Å². The quantitative estimate of drug-likeness (QED) is 0.685. The van der Waals surface area contributed by atoms with Gasteiger partial charge in [-0.15, -0.1) is 10.2 Å². The van der Waals surface area contributed by atoms with Crippen molar-refractivity contribution in [2.75, 3.05) is 5.32 Å². The van der Waals surface area contributed by atoms with Crippen LogP contribution in [0.15, 0.2) is 60.0 Å². The maximum atomic E-state index is 14.4. The summed E-state index contributed by atoms with van der Waals surface area (Å²) in [6.45, 7) is 2.46. The number of anilines is 1. The van der Waals surface area contributed by atoms with Crippen LogP contribution in [0.4, 0.5) is 10.1 Å². The van der Waals surface area contributed by atoms with Gasteiger partial charge in [-0.25, -0.2) is 4.39 Å². The first-order valence-electron chi connectivity index (χ1n) is 7.69. The highest BCUT2D eigenvalue weighted by Crippen LogP contribution is 2.27. The Hall–Kier alpha value is -2.74. The van der Waals surface area contributed by atoms with Crippen LogP contribution in [-0.4, -0.2) is 31.2 Å². The summed E-state index contributed by atoms with van der Waals surface area (Å²) in [6.07, 6.45) is 3.33. The number of pyridine rings is 1. The molecule has 0 bridgehead atoms. The van der Waals surface area contributed by atoms with E-state index in [1.165, 1.54) is 0 Å². The summed E-state index contributed by atoms with van der Waals surface area (Å²) in [5.41, 5.74) is -0.465. The first kappa shape index (κ1) is 17.1. The number of benzene rings is 1. The number of alkyl halides is 1. The molecule has 0 aliphatic carbocycles. The zero-order chi connectivity index (χ0) is 17.6. The molecule has 1 atom stereocenters. The predicted molar refractivity (Wildman–Crippen MR) is 94.8 cm³/mol. The molecule has 8 heteroatoms. The number of nitrogens with one attached hydrogen (secondary N) is 1. The highest BCUT2D eigenvalue weighted by atomic mass is 32.2. The molecule has 1 unspecified atom stereocenters. The van der Waals surface area contributed by atoms with E-state index in [-0.39, 0.29) is 0 Å². The van der Waals surface area contributed by atoms with E-state index in [4.69, 9.17) is 0 Å². The van der Waals surface area contributed by atoms with Crippen LogP contribution in [0.2, 0.25) is 0 Å². The smallest absolute Gasteiger partial charge is 0.269 e. The maximum absolute atomic E-state index is 14.4. The summed E-state index contributed by atoms with van der Waals surface area (Å²) < 4.78 is 16.1. The number of halogens is 1. The number of hydrogen-bond acceptors (Lipinski definition) is 5. The van der Waals surface area contributed by atoms with Gasteiger partial charge in [-0.05, 0) is 43.0 Å². The Kier molecular flexibility index (Phi) is 5.39. The van der Waals surface area contributed by atoms with Crippen LogP contribution in [0.1, 0.15) is 6.92 Å². The fourth-order valence-electron chi connectivity index (χ4n) is 2.24. The number of rotatable bonds is 6. The van der Waals surface area contributed by atoms with Crippen molar-refractivity contribution >= 4 is 23.4 Å². The summed E-state index contributed by atoms with van der Waals surface area (Å²) >= 11 is 0.728. The first-order chi connectivity index (χ1) is 12.2.